The minimum atomic E-state index is -3.85. The minimum Gasteiger partial charge on any atom is -0.341 e. The van der Waals surface area contributed by atoms with Gasteiger partial charge in [0.25, 0.3) is 0 Å². The van der Waals surface area contributed by atoms with Gasteiger partial charge < -0.3 is 4.90 Å². The lowest BCUT2D eigenvalue weighted by atomic mass is 10.2. The average molecular weight is 382 g/mol. The highest BCUT2D eigenvalue weighted by molar-refractivity contribution is 7.88. The Morgan fingerprint density at radius 3 is 2.62 bits per heavy atom. The lowest BCUT2D eigenvalue weighted by molar-refractivity contribution is 0.569. The maximum absolute atomic E-state index is 13.7. The molecule has 0 radical (unpaired) electrons. The summed E-state index contributed by atoms with van der Waals surface area (Å²) in [6, 6.07) is 4.44. The van der Waals surface area contributed by atoms with Crippen LogP contribution in [0.3, 0.4) is 0 Å². The number of sulfonamides is 1. The molecule has 1 aromatic carbocycles. The van der Waals surface area contributed by atoms with E-state index in [9.17, 15) is 17.2 Å². The average Bonchev–Trinajstić information content (AvgIpc) is 3.10. The van der Waals surface area contributed by atoms with E-state index in [-0.39, 0.29) is 12.1 Å². The number of nitrogens with one attached hydrogen (secondary N) is 1. The van der Waals surface area contributed by atoms with Crippen molar-refractivity contribution in [2.75, 3.05) is 18.0 Å². The summed E-state index contributed by atoms with van der Waals surface area (Å²) >= 11 is 0. The molecule has 0 amide bonds. The highest BCUT2D eigenvalue weighted by Crippen LogP contribution is 2.17. The van der Waals surface area contributed by atoms with Gasteiger partial charge >= 0.3 is 0 Å². The van der Waals surface area contributed by atoms with E-state index in [0.717, 1.165) is 49.8 Å². The Kier molecular flexibility index (Phi) is 5.47. The summed E-state index contributed by atoms with van der Waals surface area (Å²) in [7, 11) is -3.85. The number of hydrogen-bond acceptors (Lipinski definition) is 5. The van der Waals surface area contributed by atoms with Crippen LogP contribution in [0.5, 0.6) is 0 Å². The van der Waals surface area contributed by atoms with Crippen molar-refractivity contribution in [2.24, 2.45) is 0 Å². The Morgan fingerprint density at radius 2 is 1.88 bits per heavy atom. The molecule has 0 unspecified atom stereocenters. The van der Waals surface area contributed by atoms with Gasteiger partial charge in [-0.05, 0) is 44.0 Å². The molecule has 2 heterocycles. The second kappa shape index (κ2) is 7.63. The highest BCUT2D eigenvalue weighted by atomic mass is 32.2. The number of nitrogens with zero attached hydrogens (tertiary/aromatic N) is 3. The Hall–Kier alpha value is -2.13. The molecule has 0 bridgehead atoms. The van der Waals surface area contributed by atoms with Gasteiger partial charge in [-0.25, -0.2) is 31.9 Å². The summed E-state index contributed by atoms with van der Waals surface area (Å²) in [6.07, 6.45) is 2.16. The van der Waals surface area contributed by atoms with Crippen molar-refractivity contribution >= 4 is 16.0 Å². The van der Waals surface area contributed by atoms with Gasteiger partial charge in [-0.3, -0.25) is 0 Å². The molecule has 6 nitrogen and oxygen atoms in total. The first-order valence-electron chi connectivity index (χ1n) is 8.33. The monoisotopic (exact) mass is 382 g/mol. The molecule has 3 rings (SSSR count). The van der Waals surface area contributed by atoms with Crippen LogP contribution in [-0.4, -0.2) is 31.5 Å². The number of aryl methyl sites for hydroxylation is 1. The van der Waals surface area contributed by atoms with Gasteiger partial charge in [0.2, 0.25) is 16.0 Å². The quantitative estimate of drug-likeness (QED) is 0.830. The number of hydrogen-bond donors (Lipinski definition) is 1. The first kappa shape index (κ1) is 18.7. The summed E-state index contributed by atoms with van der Waals surface area (Å²) in [6.45, 7) is 3.55. The molecular formula is C17H20F2N4O2S. The lowest BCUT2D eigenvalue weighted by Crippen LogP contribution is -2.27. The van der Waals surface area contributed by atoms with E-state index in [2.05, 4.69) is 19.6 Å². The van der Waals surface area contributed by atoms with E-state index < -0.39 is 27.4 Å². The first-order chi connectivity index (χ1) is 12.3. The van der Waals surface area contributed by atoms with Gasteiger partial charge in [0, 0.05) is 24.3 Å². The van der Waals surface area contributed by atoms with E-state index in [4.69, 9.17) is 0 Å². The second-order valence-corrected chi connectivity index (χ2v) is 8.12. The molecule has 0 atom stereocenters. The largest absolute Gasteiger partial charge is 0.341 e. The van der Waals surface area contributed by atoms with E-state index >= 15 is 0 Å². The third kappa shape index (κ3) is 4.73. The van der Waals surface area contributed by atoms with E-state index in [0.29, 0.717) is 11.6 Å². The SMILES string of the molecule is Cc1cc(CNS(=O)(=O)Cc2cc(F)ccc2F)nc(N2CCCC2)n1. The van der Waals surface area contributed by atoms with Crippen LogP contribution < -0.4 is 9.62 Å². The molecule has 1 fully saturated rings. The first-order valence-corrected chi connectivity index (χ1v) is 9.98. The van der Waals surface area contributed by atoms with Gasteiger partial charge in [-0.2, -0.15) is 0 Å². The van der Waals surface area contributed by atoms with Crippen molar-refractivity contribution in [3.8, 4) is 0 Å². The fourth-order valence-electron chi connectivity index (χ4n) is 2.86. The van der Waals surface area contributed by atoms with Crippen LogP contribution in [-0.2, 0) is 22.3 Å². The predicted octanol–water partition coefficient (Wildman–Crippen LogP) is 2.28. The van der Waals surface area contributed by atoms with Crippen LogP contribution in [0.15, 0.2) is 24.3 Å². The number of halogens is 2. The van der Waals surface area contributed by atoms with Gasteiger partial charge in [0.05, 0.1) is 18.0 Å². The molecule has 0 aliphatic carbocycles. The van der Waals surface area contributed by atoms with Crippen LogP contribution in [0, 0.1) is 18.6 Å². The van der Waals surface area contributed by atoms with E-state index in [1.165, 1.54) is 0 Å². The topological polar surface area (TPSA) is 75.2 Å². The van der Waals surface area contributed by atoms with E-state index in [1.54, 1.807) is 6.07 Å². The molecule has 9 heteroatoms. The summed E-state index contributed by atoms with van der Waals surface area (Å²) in [5.74, 6) is -1.49. The second-order valence-electron chi connectivity index (χ2n) is 6.31. The molecule has 2 aromatic rings. The van der Waals surface area contributed by atoms with Crippen molar-refractivity contribution in [2.45, 2.75) is 32.1 Å². The predicted molar refractivity (Wildman–Crippen MR) is 94.0 cm³/mol. The van der Waals surface area contributed by atoms with Crippen molar-refractivity contribution in [1.82, 2.24) is 14.7 Å². The normalized spacial score (nSPS) is 14.8. The molecule has 1 aromatic heterocycles. The number of benzene rings is 1. The Morgan fingerprint density at radius 1 is 1.15 bits per heavy atom. The fourth-order valence-corrected chi connectivity index (χ4v) is 3.96. The van der Waals surface area contributed by atoms with Crippen LogP contribution in [0.25, 0.3) is 0 Å². The molecular weight excluding hydrogens is 362 g/mol. The summed E-state index contributed by atoms with van der Waals surface area (Å²) in [4.78, 5) is 10.9. The zero-order valence-corrected chi connectivity index (χ0v) is 15.2. The van der Waals surface area contributed by atoms with Crippen LogP contribution in [0.4, 0.5) is 14.7 Å². The third-order valence-electron chi connectivity index (χ3n) is 4.11. The number of aromatic nitrogens is 2. The van der Waals surface area contributed by atoms with Crippen LogP contribution >= 0.6 is 0 Å². The molecule has 1 aliphatic heterocycles. The zero-order chi connectivity index (χ0) is 18.7. The smallest absolute Gasteiger partial charge is 0.225 e. The molecule has 0 spiro atoms. The highest BCUT2D eigenvalue weighted by Gasteiger charge is 2.18. The van der Waals surface area contributed by atoms with Crippen molar-refractivity contribution in [1.29, 1.82) is 0 Å². The van der Waals surface area contributed by atoms with Crippen molar-refractivity contribution in [3.05, 3.63) is 52.9 Å². The van der Waals surface area contributed by atoms with Crippen LogP contribution in [0.1, 0.15) is 29.8 Å². The maximum Gasteiger partial charge on any atom is 0.225 e. The third-order valence-corrected chi connectivity index (χ3v) is 5.39. The Bertz CT molecular complexity index is 900. The summed E-state index contributed by atoms with van der Waals surface area (Å²) in [5, 5.41) is 0. The summed E-state index contributed by atoms with van der Waals surface area (Å²) < 4.78 is 53.7. The van der Waals surface area contributed by atoms with Gasteiger partial charge in [0.15, 0.2) is 0 Å². The standard InChI is InChI=1S/C17H20F2N4O2S/c1-12-8-15(22-17(21-12)23-6-2-3-7-23)10-20-26(24,25)11-13-9-14(18)4-5-16(13)19/h4-5,8-9,20H,2-3,6-7,10-11H2,1H3. The van der Waals surface area contributed by atoms with Gasteiger partial charge in [0.1, 0.15) is 11.6 Å². The summed E-state index contributed by atoms with van der Waals surface area (Å²) in [5.41, 5.74) is 1.06. The number of rotatable bonds is 6. The molecule has 1 N–H and O–H groups in total. The maximum atomic E-state index is 13.7. The van der Waals surface area contributed by atoms with Crippen LogP contribution in [0.2, 0.25) is 0 Å². The molecule has 1 saturated heterocycles. The van der Waals surface area contributed by atoms with Crippen molar-refractivity contribution in [3.63, 3.8) is 0 Å². The molecule has 1 aliphatic rings. The lowest BCUT2D eigenvalue weighted by Gasteiger charge is -2.16. The Labute approximate surface area is 151 Å². The zero-order valence-electron chi connectivity index (χ0n) is 14.4. The fraction of sp³-hybridized carbons (Fsp3) is 0.412. The van der Waals surface area contributed by atoms with E-state index in [1.807, 2.05) is 6.92 Å². The van der Waals surface area contributed by atoms with Gasteiger partial charge in [-0.15, -0.1) is 0 Å². The molecule has 140 valence electrons. The van der Waals surface area contributed by atoms with Crippen molar-refractivity contribution < 1.29 is 17.2 Å². The van der Waals surface area contributed by atoms with Gasteiger partial charge in [-0.1, -0.05) is 0 Å². The minimum absolute atomic E-state index is 0.0382. The molecule has 0 saturated carbocycles. The number of anilines is 1. The molecule has 26 heavy (non-hydrogen) atoms. The Balaban J connectivity index is 1.70.